The zero-order chi connectivity index (χ0) is 12.3. The van der Waals surface area contributed by atoms with E-state index in [9.17, 15) is 4.79 Å². The summed E-state index contributed by atoms with van der Waals surface area (Å²) in [5.41, 5.74) is -0.476. The van der Waals surface area contributed by atoms with Crippen LogP contribution in [-0.4, -0.2) is 53.5 Å². The van der Waals surface area contributed by atoms with Gasteiger partial charge in [0.05, 0.1) is 6.61 Å². The number of aliphatic hydroxyl groups is 1. The minimum atomic E-state index is -0.476. The van der Waals surface area contributed by atoms with Crippen molar-refractivity contribution in [3.05, 3.63) is 0 Å². The van der Waals surface area contributed by atoms with Gasteiger partial charge in [0.1, 0.15) is 5.60 Å². The Labute approximate surface area is 109 Å². The second-order valence-corrected chi connectivity index (χ2v) is 5.27. The molecule has 17 heavy (non-hydrogen) atoms. The van der Waals surface area contributed by atoms with E-state index in [0.29, 0.717) is 13.1 Å². The maximum Gasteiger partial charge on any atom is 0.410 e. The van der Waals surface area contributed by atoms with Crippen molar-refractivity contribution in [2.45, 2.75) is 45.4 Å². The van der Waals surface area contributed by atoms with E-state index in [2.05, 4.69) is 5.32 Å². The van der Waals surface area contributed by atoms with Crippen LogP contribution in [0.3, 0.4) is 0 Å². The van der Waals surface area contributed by atoms with Gasteiger partial charge in [0.25, 0.3) is 0 Å². The number of ether oxygens (including phenoxy) is 1. The van der Waals surface area contributed by atoms with E-state index in [1.54, 1.807) is 4.90 Å². The number of rotatable bonds is 1. The van der Waals surface area contributed by atoms with E-state index in [0.717, 1.165) is 0 Å². The van der Waals surface area contributed by atoms with Crippen molar-refractivity contribution in [2.24, 2.45) is 0 Å². The molecule has 0 spiro atoms. The minimum absolute atomic E-state index is 0. The molecule has 2 atom stereocenters. The number of carbonyl (C=O) groups excluding carboxylic acids is 1. The standard InChI is InChI=1S/C11H22N2O3.ClH/c1-8-5-12-9(7-14)6-13(8)10(15)16-11(2,3)4;/h8-9,12,14H,5-7H2,1-4H3;1H/t8-,9-;/m1./s1. The molecule has 1 aliphatic rings. The quantitative estimate of drug-likeness (QED) is 0.743. The van der Waals surface area contributed by atoms with Gasteiger partial charge < -0.3 is 20.1 Å². The number of nitrogens with zero attached hydrogens (tertiary/aromatic N) is 1. The number of hydrogen-bond acceptors (Lipinski definition) is 4. The maximum atomic E-state index is 11.9. The summed E-state index contributed by atoms with van der Waals surface area (Å²) in [5, 5.41) is 12.2. The number of piperazine rings is 1. The number of nitrogens with one attached hydrogen (secondary N) is 1. The van der Waals surface area contributed by atoms with Crippen LogP contribution in [-0.2, 0) is 4.74 Å². The van der Waals surface area contributed by atoms with Crippen LogP contribution in [0.2, 0.25) is 0 Å². The zero-order valence-electron chi connectivity index (χ0n) is 10.9. The lowest BCUT2D eigenvalue weighted by atomic mass is 10.1. The lowest BCUT2D eigenvalue weighted by Crippen LogP contribution is -2.59. The molecule has 6 heteroatoms. The third-order valence-corrected chi connectivity index (χ3v) is 2.50. The monoisotopic (exact) mass is 266 g/mol. The SMILES string of the molecule is C[C@@H]1CN[C@@H](CO)CN1C(=O)OC(C)(C)C.Cl. The fourth-order valence-corrected chi connectivity index (χ4v) is 1.63. The molecule has 1 amide bonds. The van der Waals surface area contributed by atoms with Gasteiger partial charge in [-0.3, -0.25) is 0 Å². The van der Waals surface area contributed by atoms with Crippen molar-refractivity contribution in [1.82, 2.24) is 10.2 Å². The molecule has 1 heterocycles. The molecule has 1 aliphatic heterocycles. The Morgan fingerprint density at radius 2 is 2.12 bits per heavy atom. The van der Waals surface area contributed by atoms with Crippen molar-refractivity contribution in [3.63, 3.8) is 0 Å². The minimum Gasteiger partial charge on any atom is -0.444 e. The number of amides is 1. The topological polar surface area (TPSA) is 61.8 Å². The highest BCUT2D eigenvalue weighted by atomic mass is 35.5. The summed E-state index contributed by atoms with van der Waals surface area (Å²) in [6.45, 7) is 8.72. The Bertz CT molecular complexity index is 256. The van der Waals surface area contributed by atoms with E-state index >= 15 is 0 Å². The zero-order valence-corrected chi connectivity index (χ0v) is 11.7. The summed E-state index contributed by atoms with van der Waals surface area (Å²) in [7, 11) is 0. The Balaban J connectivity index is 0.00000256. The molecular formula is C11H23ClN2O3. The summed E-state index contributed by atoms with van der Waals surface area (Å²) in [5.74, 6) is 0. The van der Waals surface area contributed by atoms with E-state index < -0.39 is 5.60 Å². The Hall–Kier alpha value is -0.520. The fraction of sp³-hybridized carbons (Fsp3) is 0.909. The van der Waals surface area contributed by atoms with Crippen LogP contribution < -0.4 is 5.32 Å². The van der Waals surface area contributed by atoms with Crippen LogP contribution >= 0.6 is 12.4 Å². The second-order valence-electron chi connectivity index (χ2n) is 5.27. The lowest BCUT2D eigenvalue weighted by molar-refractivity contribution is 0.00688. The molecule has 0 aliphatic carbocycles. The van der Waals surface area contributed by atoms with E-state index in [1.165, 1.54) is 0 Å². The molecule has 1 saturated heterocycles. The average Bonchev–Trinajstić information content (AvgIpc) is 2.15. The van der Waals surface area contributed by atoms with Gasteiger partial charge in [0.2, 0.25) is 0 Å². The highest BCUT2D eigenvalue weighted by Gasteiger charge is 2.31. The molecule has 102 valence electrons. The van der Waals surface area contributed by atoms with Crippen molar-refractivity contribution < 1.29 is 14.6 Å². The number of aliphatic hydroxyl groups excluding tert-OH is 1. The van der Waals surface area contributed by atoms with Crippen LogP contribution in [0.5, 0.6) is 0 Å². The largest absolute Gasteiger partial charge is 0.444 e. The van der Waals surface area contributed by atoms with Gasteiger partial charge in [-0.2, -0.15) is 0 Å². The van der Waals surface area contributed by atoms with Crippen molar-refractivity contribution >= 4 is 18.5 Å². The second kappa shape index (κ2) is 6.42. The molecule has 2 N–H and O–H groups in total. The highest BCUT2D eigenvalue weighted by Crippen LogP contribution is 2.14. The molecule has 1 rings (SSSR count). The first-order valence-corrected chi connectivity index (χ1v) is 5.67. The normalized spacial score (nSPS) is 25.1. The molecule has 0 aromatic carbocycles. The highest BCUT2D eigenvalue weighted by molar-refractivity contribution is 5.85. The molecule has 5 nitrogen and oxygen atoms in total. The fourth-order valence-electron chi connectivity index (χ4n) is 1.63. The number of halogens is 1. The van der Waals surface area contributed by atoms with Crippen molar-refractivity contribution in [3.8, 4) is 0 Å². The van der Waals surface area contributed by atoms with Crippen LogP contribution in [0.25, 0.3) is 0 Å². The first-order chi connectivity index (χ1) is 7.33. The van der Waals surface area contributed by atoms with E-state index in [1.807, 2.05) is 27.7 Å². The summed E-state index contributed by atoms with van der Waals surface area (Å²) in [4.78, 5) is 13.5. The summed E-state index contributed by atoms with van der Waals surface area (Å²) >= 11 is 0. The molecule has 0 aromatic heterocycles. The lowest BCUT2D eigenvalue weighted by Gasteiger charge is -2.38. The number of carbonyl (C=O) groups is 1. The Morgan fingerprint density at radius 3 is 2.59 bits per heavy atom. The van der Waals surface area contributed by atoms with Crippen LogP contribution in [0.4, 0.5) is 4.79 Å². The van der Waals surface area contributed by atoms with Gasteiger partial charge in [-0.05, 0) is 27.7 Å². The molecule has 1 fully saturated rings. The Kier molecular flexibility index (Phi) is 6.23. The van der Waals surface area contributed by atoms with Gasteiger partial charge in [0.15, 0.2) is 0 Å². The first-order valence-electron chi connectivity index (χ1n) is 5.67. The van der Waals surface area contributed by atoms with Crippen LogP contribution in [0.15, 0.2) is 0 Å². The van der Waals surface area contributed by atoms with Crippen LogP contribution in [0, 0.1) is 0 Å². The van der Waals surface area contributed by atoms with Crippen LogP contribution in [0.1, 0.15) is 27.7 Å². The summed E-state index contributed by atoms with van der Waals surface area (Å²) in [6.07, 6.45) is -0.306. The van der Waals surface area contributed by atoms with Crippen molar-refractivity contribution in [1.29, 1.82) is 0 Å². The number of hydrogen-bond donors (Lipinski definition) is 2. The third kappa shape index (κ3) is 5.10. The van der Waals surface area contributed by atoms with Gasteiger partial charge in [0, 0.05) is 25.2 Å². The van der Waals surface area contributed by atoms with Gasteiger partial charge >= 0.3 is 6.09 Å². The smallest absolute Gasteiger partial charge is 0.410 e. The first kappa shape index (κ1) is 16.5. The molecule has 0 bridgehead atoms. The van der Waals surface area contributed by atoms with E-state index in [-0.39, 0.29) is 37.2 Å². The molecule has 0 unspecified atom stereocenters. The predicted molar refractivity (Wildman–Crippen MR) is 68.5 cm³/mol. The third-order valence-electron chi connectivity index (χ3n) is 2.50. The molecule has 0 aromatic rings. The summed E-state index contributed by atoms with van der Waals surface area (Å²) in [6, 6.07) is 0.0429. The predicted octanol–water partition coefficient (Wildman–Crippen LogP) is 0.998. The van der Waals surface area contributed by atoms with E-state index in [4.69, 9.17) is 9.84 Å². The van der Waals surface area contributed by atoms with Gasteiger partial charge in [-0.1, -0.05) is 0 Å². The molecular weight excluding hydrogens is 244 g/mol. The average molecular weight is 267 g/mol. The Morgan fingerprint density at radius 1 is 1.53 bits per heavy atom. The van der Waals surface area contributed by atoms with Gasteiger partial charge in [-0.15, -0.1) is 12.4 Å². The molecule has 0 saturated carbocycles. The maximum absolute atomic E-state index is 11.9. The summed E-state index contributed by atoms with van der Waals surface area (Å²) < 4.78 is 5.32. The van der Waals surface area contributed by atoms with Gasteiger partial charge in [-0.25, -0.2) is 4.79 Å². The van der Waals surface area contributed by atoms with Crippen molar-refractivity contribution in [2.75, 3.05) is 19.7 Å². The molecule has 0 radical (unpaired) electrons.